The molecule has 0 radical (unpaired) electrons. The van der Waals surface area contributed by atoms with Crippen molar-refractivity contribution >= 4 is 0 Å². The highest BCUT2D eigenvalue weighted by Gasteiger charge is 2.16. The first-order valence-electron chi connectivity index (χ1n) is 4.63. The van der Waals surface area contributed by atoms with Gasteiger partial charge < -0.3 is 0 Å². The van der Waals surface area contributed by atoms with Crippen molar-refractivity contribution in [2.45, 2.75) is 47.0 Å². The van der Waals surface area contributed by atoms with Gasteiger partial charge in [-0.3, -0.25) is 0 Å². The average molecular weight is 178 g/mol. The lowest BCUT2D eigenvalue weighted by molar-refractivity contribution is 0.506. The third-order valence-electron chi connectivity index (χ3n) is 2.72. The maximum atomic E-state index is 2.29. The first-order chi connectivity index (χ1) is 5.56. The van der Waals surface area contributed by atoms with Crippen LogP contribution in [0.3, 0.4) is 0 Å². The molecular weight excluding hydrogens is 156 g/mol. The molecule has 0 N–H and O–H groups in total. The molecule has 0 heteroatoms. The van der Waals surface area contributed by atoms with Crippen molar-refractivity contribution < 1.29 is 0 Å². The normalized spacial score (nSPS) is 10.8. The molecule has 0 fully saturated rings. The second kappa shape index (κ2) is 4.45. The Kier molecular flexibility index (Phi) is 4.19. The quantitative estimate of drug-likeness (QED) is 0.632. The van der Waals surface area contributed by atoms with Gasteiger partial charge in [-0.15, -0.1) is 0 Å². The second-order valence-electron chi connectivity index (χ2n) is 4.10. The van der Waals surface area contributed by atoms with Gasteiger partial charge in [-0.25, -0.2) is 0 Å². The van der Waals surface area contributed by atoms with E-state index in [1.54, 1.807) is 0 Å². The number of rotatable bonds is 2. The SMILES string of the molecule is C.CCC(C)(C)c1ccc(C)cc1. The predicted molar refractivity (Wildman–Crippen MR) is 61.2 cm³/mol. The van der Waals surface area contributed by atoms with Gasteiger partial charge >= 0.3 is 0 Å². The van der Waals surface area contributed by atoms with Crippen LogP contribution < -0.4 is 0 Å². The molecule has 0 bridgehead atoms. The number of aryl methyl sites for hydroxylation is 1. The van der Waals surface area contributed by atoms with Gasteiger partial charge in [-0.05, 0) is 24.3 Å². The average Bonchev–Trinajstić information content (AvgIpc) is 2.05. The van der Waals surface area contributed by atoms with Crippen LogP contribution >= 0.6 is 0 Å². The highest BCUT2D eigenvalue weighted by molar-refractivity contribution is 5.27. The summed E-state index contributed by atoms with van der Waals surface area (Å²) in [7, 11) is 0. The maximum Gasteiger partial charge on any atom is -0.0106 e. The van der Waals surface area contributed by atoms with E-state index >= 15 is 0 Å². The van der Waals surface area contributed by atoms with Crippen molar-refractivity contribution in [1.82, 2.24) is 0 Å². The molecule has 0 aliphatic rings. The van der Waals surface area contributed by atoms with Crippen molar-refractivity contribution in [3.63, 3.8) is 0 Å². The molecule has 0 aliphatic carbocycles. The molecule has 0 heterocycles. The van der Waals surface area contributed by atoms with Crippen molar-refractivity contribution in [3.05, 3.63) is 35.4 Å². The van der Waals surface area contributed by atoms with Crippen molar-refractivity contribution in [2.24, 2.45) is 0 Å². The highest BCUT2D eigenvalue weighted by atomic mass is 14.2. The van der Waals surface area contributed by atoms with E-state index in [1.165, 1.54) is 17.5 Å². The summed E-state index contributed by atoms with van der Waals surface area (Å²) >= 11 is 0. The molecule has 0 amide bonds. The minimum atomic E-state index is 0. The summed E-state index contributed by atoms with van der Waals surface area (Å²) in [6, 6.07) is 8.84. The van der Waals surface area contributed by atoms with Gasteiger partial charge in [0.2, 0.25) is 0 Å². The molecule has 0 saturated carbocycles. The summed E-state index contributed by atoms with van der Waals surface area (Å²) < 4.78 is 0. The van der Waals surface area contributed by atoms with Gasteiger partial charge in [0.15, 0.2) is 0 Å². The molecule has 13 heavy (non-hydrogen) atoms. The molecule has 0 spiro atoms. The monoisotopic (exact) mass is 178 g/mol. The number of benzene rings is 1. The molecule has 0 saturated heterocycles. The zero-order valence-electron chi connectivity index (χ0n) is 8.52. The molecule has 1 rings (SSSR count). The third kappa shape index (κ3) is 2.87. The van der Waals surface area contributed by atoms with E-state index in [0.717, 1.165) is 0 Å². The van der Waals surface area contributed by atoms with Gasteiger partial charge in [-0.1, -0.05) is 58.0 Å². The van der Waals surface area contributed by atoms with E-state index in [-0.39, 0.29) is 7.43 Å². The van der Waals surface area contributed by atoms with Crippen LogP contribution in [0.1, 0.15) is 45.7 Å². The molecule has 0 atom stereocenters. The van der Waals surface area contributed by atoms with Gasteiger partial charge in [0.1, 0.15) is 0 Å². The second-order valence-corrected chi connectivity index (χ2v) is 4.10. The van der Waals surface area contributed by atoms with E-state index in [2.05, 4.69) is 52.0 Å². The minimum absolute atomic E-state index is 0. The molecule has 0 nitrogen and oxygen atoms in total. The fourth-order valence-electron chi connectivity index (χ4n) is 1.21. The van der Waals surface area contributed by atoms with E-state index in [9.17, 15) is 0 Å². The van der Waals surface area contributed by atoms with Gasteiger partial charge in [0.25, 0.3) is 0 Å². The first-order valence-corrected chi connectivity index (χ1v) is 4.63. The van der Waals surface area contributed by atoms with E-state index in [1.807, 2.05) is 0 Å². The van der Waals surface area contributed by atoms with Crippen molar-refractivity contribution in [2.75, 3.05) is 0 Å². The Morgan fingerprint density at radius 1 is 1.08 bits per heavy atom. The Hall–Kier alpha value is -0.780. The number of hydrogen-bond acceptors (Lipinski definition) is 0. The van der Waals surface area contributed by atoms with Crippen LogP contribution in [-0.4, -0.2) is 0 Å². The van der Waals surface area contributed by atoms with E-state index < -0.39 is 0 Å². The van der Waals surface area contributed by atoms with E-state index in [0.29, 0.717) is 5.41 Å². The Morgan fingerprint density at radius 2 is 1.54 bits per heavy atom. The summed E-state index contributed by atoms with van der Waals surface area (Å²) in [6.45, 7) is 8.94. The summed E-state index contributed by atoms with van der Waals surface area (Å²) in [5, 5.41) is 0. The standard InChI is InChI=1S/C12H18.CH4/c1-5-12(3,4)11-8-6-10(2)7-9-11;/h6-9H,5H2,1-4H3;1H4. The zero-order valence-corrected chi connectivity index (χ0v) is 8.52. The lowest BCUT2D eigenvalue weighted by Gasteiger charge is -2.23. The van der Waals surface area contributed by atoms with Gasteiger partial charge in [0, 0.05) is 0 Å². The fraction of sp³-hybridized carbons (Fsp3) is 0.538. The summed E-state index contributed by atoms with van der Waals surface area (Å²) in [6.07, 6.45) is 1.19. The zero-order chi connectivity index (χ0) is 9.19. The van der Waals surface area contributed by atoms with Crippen LogP contribution in [-0.2, 0) is 5.41 Å². The lowest BCUT2D eigenvalue weighted by Crippen LogP contribution is -2.14. The first kappa shape index (κ1) is 12.2. The fourth-order valence-corrected chi connectivity index (χ4v) is 1.21. The molecule has 1 aromatic rings. The third-order valence-corrected chi connectivity index (χ3v) is 2.72. The van der Waals surface area contributed by atoms with E-state index in [4.69, 9.17) is 0 Å². The van der Waals surface area contributed by atoms with Crippen LogP contribution in [0.4, 0.5) is 0 Å². The van der Waals surface area contributed by atoms with Gasteiger partial charge in [-0.2, -0.15) is 0 Å². The van der Waals surface area contributed by atoms with Gasteiger partial charge in [0.05, 0.1) is 0 Å². The molecule has 0 unspecified atom stereocenters. The summed E-state index contributed by atoms with van der Waals surface area (Å²) in [4.78, 5) is 0. The predicted octanol–water partition coefficient (Wildman–Crippen LogP) is 4.32. The Morgan fingerprint density at radius 3 is 1.92 bits per heavy atom. The highest BCUT2D eigenvalue weighted by Crippen LogP contribution is 2.26. The maximum absolute atomic E-state index is 2.29. The molecule has 0 aliphatic heterocycles. The molecule has 74 valence electrons. The minimum Gasteiger partial charge on any atom is -0.0776 e. The van der Waals surface area contributed by atoms with Crippen LogP contribution in [0.15, 0.2) is 24.3 Å². The van der Waals surface area contributed by atoms with Crippen molar-refractivity contribution in [3.8, 4) is 0 Å². The molecule has 1 aromatic carbocycles. The summed E-state index contributed by atoms with van der Waals surface area (Å²) in [5.74, 6) is 0. The summed E-state index contributed by atoms with van der Waals surface area (Å²) in [5.41, 5.74) is 3.11. The van der Waals surface area contributed by atoms with Crippen LogP contribution in [0.5, 0.6) is 0 Å². The Labute approximate surface area is 83.0 Å². The Balaban J connectivity index is 0.00000144. The van der Waals surface area contributed by atoms with Crippen molar-refractivity contribution in [1.29, 1.82) is 0 Å². The largest absolute Gasteiger partial charge is 0.0776 e. The van der Waals surface area contributed by atoms with Crippen LogP contribution in [0.2, 0.25) is 0 Å². The molecular formula is C13H22. The Bertz CT molecular complexity index is 241. The lowest BCUT2D eigenvalue weighted by atomic mass is 9.82. The topological polar surface area (TPSA) is 0 Å². The smallest absolute Gasteiger partial charge is 0.0106 e. The molecule has 0 aromatic heterocycles. The number of hydrogen-bond donors (Lipinski definition) is 0. The van der Waals surface area contributed by atoms with Crippen LogP contribution in [0, 0.1) is 6.92 Å². The van der Waals surface area contributed by atoms with Crippen LogP contribution in [0.25, 0.3) is 0 Å².